The van der Waals surface area contributed by atoms with Crippen molar-refractivity contribution in [2.45, 2.75) is 19.3 Å². The highest BCUT2D eigenvalue weighted by Crippen LogP contribution is 2.34. The van der Waals surface area contributed by atoms with E-state index < -0.39 is 5.92 Å². The van der Waals surface area contributed by atoms with E-state index in [9.17, 15) is 13.6 Å². The largest absolute Gasteiger partial charge is 0.456 e. The molecule has 1 fully saturated rings. The fraction of sp³-hybridized carbons (Fsp3) is 0.167. The number of nitrogens with one attached hydrogen (secondary N) is 2. The van der Waals surface area contributed by atoms with Crippen molar-refractivity contribution in [1.82, 2.24) is 15.2 Å². The molecule has 7 nitrogen and oxygen atoms in total. The number of aryl methyl sites for hydroxylation is 1. The molecular weight excluding hydrogens is 500 g/mol. The average Bonchev–Trinajstić information content (AvgIpc) is 3.52. The number of carbonyl (C=O) groups excluding carboxylic acids is 1. The van der Waals surface area contributed by atoms with E-state index in [2.05, 4.69) is 20.5 Å². The Hall–Kier alpha value is -4.79. The van der Waals surface area contributed by atoms with E-state index in [1.807, 2.05) is 61.5 Å². The summed E-state index contributed by atoms with van der Waals surface area (Å²) >= 11 is 0. The molecule has 0 saturated carbocycles. The number of ether oxygens (including phenoxy) is 1. The third-order valence-electron chi connectivity index (χ3n) is 6.77. The van der Waals surface area contributed by atoms with Crippen molar-refractivity contribution in [3.8, 4) is 22.6 Å². The van der Waals surface area contributed by atoms with Crippen molar-refractivity contribution < 1.29 is 18.3 Å². The molecule has 1 saturated heterocycles. The first-order valence-electron chi connectivity index (χ1n) is 12.6. The van der Waals surface area contributed by atoms with Gasteiger partial charge in [-0.3, -0.25) is 14.9 Å². The standard InChI is InChI=1S/C30H25F2N5O2/c1-19-13-22(8-10-27(19)37-12-11-30(31,32)18-37)34-29(38)28-25-15-20(7-9-26(25)35-36-28)21-14-24(17-33-16-21)39-23-5-3-2-4-6-23/h2-10,13-17H,11-12,18H2,1H3,(H,34,38)(H,35,36). The summed E-state index contributed by atoms with van der Waals surface area (Å²) in [6.45, 7) is 1.86. The summed E-state index contributed by atoms with van der Waals surface area (Å²) in [4.78, 5) is 19.2. The summed E-state index contributed by atoms with van der Waals surface area (Å²) in [5.41, 5.74) is 4.77. The van der Waals surface area contributed by atoms with E-state index in [0.717, 1.165) is 27.9 Å². The number of pyridine rings is 1. The van der Waals surface area contributed by atoms with Gasteiger partial charge in [0.05, 0.1) is 18.3 Å². The molecule has 0 unspecified atom stereocenters. The van der Waals surface area contributed by atoms with Crippen LogP contribution in [0.2, 0.25) is 0 Å². The van der Waals surface area contributed by atoms with Crippen LogP contribution in [0, 0.1) is 6.92 Å². The Kier molecular flexibility index (Phi) is 6.18. The van der Waals surface area contributed by atoms with Crippen LogP contribution >= 0.6 is 0 Å². The number of hydrogen-bond donors (Lipinski definition) is 2. The van der Waals surface area contributed by atoms with Gasteiger partial charge in [0.25, 0.3) is 11.8 Å². The molecule has 2 aromatic heterocycles. The number of aromatic amines is 1. The van der Waals surface area contributed by atoms with Crippen LogP contribution in [0.1, 0.15) is 22.5 Å². The lowest BCUT2D eigenvalue weighted by Crippen LogP contribution is -2.25. The lowest BCUT2D eigenvalue weighted by atomic mass is 10.0. The van der Waals surface area contributed by atoms with Crippen LogP contribution < -0.4 is 15.0 Å². The maximum atomic E-state index is 13.7. The van der Waals surface area contributed by atoms with Gasteiger partial charge in [-0.15, -0.1) is 0 Å². The molecule has 0 spiro atoms. The fourth-order valence-electron chi connectivity index (χ4n) is 4.84. The molecule has 39 heavy (non-hydrogen) atoms. The van der Waals surface area contributed by atoms with Gasteiger partial charge in [0.15, 0.2) is 5.69 Å². The Bertz CT molecular complexity index is 1670. The first-order valence-corrected chi connectivity index (χ1v) is 12.6. The molecule has 1 aliphatic heterocycles. The number of aromatic nitrogens is 3. The minimum Gasteiger partial charge on any atom is -0.456 e. The number of rotatable bonds is 6. The Labute approximate surface area is 223 Å². The minimum atomic E-state index is -2.68. The first kappa shape index (κ1) is 24.5. The summed E-state index contributed by atoms with van der Waals surface area (Å²) in [6.07, 6.45) is 3.23. The second kappa shape index (κ2) is 9.83. The van der Waals surface area contributed by atoms with Crippen molar-refractivity contribution in [2.75, 3.05) is 23.3 Å². The maximum absolute atomic E-state index is 13.7. The van der Waals surface area contributed by atoms with Gasteiger partial charge < -0.3 is 15.0 Å². The second-order valence-electron chi connectivity index (χ2n) is 9.64. The Balaban J connectivity index is 1.22. The summed E-state index contributed by atoms with van der Waals surface area (Å²) in [5.74, 6) is -1.74. The van der Waals surface area contributed by atoms with E-state index in [-0.39, 0.29) is 24.6 Å². The maximum Gasteiger partial charge on any atom is 0.276 e. The fourth-order valence-corrected chi connectivity index (χ4v) is 4.84. The van der Waals surface area contributed by atoms with Crippen LogP contribution in [-0.4, -0.2) is 40.1 Å². The molecule has 0 radical (unpaired) electrons. The summed E-state index contributed by atoms with van der Waals surface area (Å²) < 4.78 is 33.3. The molecule has 1 amide bonds. The molecule has 9 heteroatoms. The van der Waals surface area contributed by atoms with Crippen molar-refractivity contribution >= 4 is 28.2 Å². The SMILES string of the molecule is Cc1cc(NC(=O)c2n[nH]c3ccc(-c4cncc(Oc5ccccc5)c4)cc23)ccc1N1CCC(F)(F)C1. The van der Waals surface area contributed by atoms with Gasteiger partial charge in [-0.25, -0.2) is 8.78 Å². The highest BCUT2D eigenvalue weighted by Gasteiger charge is 2.38. The van der Waals surface area contributed by atoms with Gasteiger partial charge in [-0.05, 0) is 66.6 Å². The molecule has 2 N–H and O–H groups in total. The van der Waals surface area contributed by atoms with Crippen LogP contribution in [0.4, 0.5) is 20.2 Å². The molecule has 3 heterocycles. The molecule has 5 aromatic rings. The zero-order chi connectivity index (χ0) is 27.0. The third-order valence-corrected chi connectivity index (χ3v) is 6.77. The first-order chi connectivity index (χ1) is 18.8. The van der Waals surface area contributed by atoms with E-state index in [0.29, 0.717) is 29.1 Å². The van der Waals surface area contributed by atoms with Gasteiger partial charge in [-0.2, -0.15) is 5.10 Å². The zero-order valence-electron chi connectivity index (χ0n) is 21.1. The molecular formula is C30H25F2N5O2. The number of halogens is 2. The lowest BCUT2D eigenvalue weighted by molar-refractivity contribution is 0.0257. The molecule has 196 valence electrons. The predicted molar refractivity (Wildman–Crippen MR) is 147 cm³/mol. The Morgan fingerprint density at radius 3 is 2.62 bits per heavy atom. The van der Waals surface area contributed by atoms with Crippen molar-refractivity contribution in [2.24, 2.45) is 0 Å². The van der Waals surface area contributed by atoms with Crippen molar-refractivity contribution in [3.05, 3.63) is 96.4 Å². The van der Waals surface area contributed by atoms with Crippen LogP contribution in [-0.2, 0) is 0 Å². The molecule has 6 rings (SSSR count). The van der Waals surface area contributed by atoms with Gasteiger partial charge >= 0.3 is 0 Å². The highest BCUT2D eigenvalue weighted by atomic mass is 19.3. The quantitative estimate of drug-likeness (QED) is 0.254. The van der Waals surface area contributed by atoms with Gasteiger partial charge in [0.2, 0.25) is 0 Å². The van der Waals surface area contributed by atoms with E-state index in [1.165, 1.54) is 0 Å². The Morgan fingerprint density at radius 1 is 1.00 bits per heavy atom. The summed E-state index contributed by atoms with van der Waals surface area (Å²) in [6, 6.07) is 22.3. The van der Waals surface area contributed by atoms with Gasteiger partial charge in [0, 0.05) is 41.5 Å². The summed E-state index contributed by atoms with van der Waals surface area (Å²) in [7, 11) is 0. The topological polar surface area (TPSA) is 83.1 Å². The lowest BCUT2D eigenvalue weighted by Gasteiger charge is -2.21. The van der Waals surface area contributed by atoms with E-state index >= 15 is 0 Å². The molecule has 0 bridgehead atoms. The number of anilines is 2. The van der Waals surface area contributed by atoms with E-state index in [1.54, 1.807) is 35.5 Å². The number of H-pyrrole nitrogens is 1. The zero-order valence-corrected chi connectivity index (χ0v) is 21.1. The molecule has 0 atom stereocenters. The second-order valence-corrected chi connectivity index (χ2v) is 9.64. The molecule has 0 aliphatic carbocycles. The van der Waals surface area contributed by atoms with Crippen LogP contribution in [0.25, 0.3) is 22.0 Å². The third kappa shape index (κ3) is 5.16. The molecule has 3 aromatic carbocycles. The van der Waals surface area contributed by atoms with Crippen LogP contribution in [0.3, 0.4) is 0 Å². The summed E-state index contributed by atoms with van der Waals surface area (Å²) in [5, 5.41) is 10.7. The number of alkyl halides is 2. The smallest absolute Gasteiger partial charge is 0.276 e. The number of hydrogen-bond acceptors (Lipinski definition) is 5. The number of carbonyl (C=O) groups is 1. The van der Waals surface area contributed by atoms with Crippen molar-refractivity contribution in [3.63, 3.8) is 0 Å². The van der Waals surface area contributed by atoms with E-state index in [4.69, 9.17) is 4.74 Å². The number of benzene rings is 3. The number of para-hydroxylation sites is 1. The average molecular weight is 526 g/mol. The minimum absolute atomic E-state index is 0.153. The molecule has 1 aliphatic rings. The predicted octanol–water partition coefficient (Wildman–Crippen LogP) is 6.82. The normalized spacial score (nSPS) is 14.5. The Morgan fingerprint density at radius 2 is 1.85 bits per heavy atom. The number of nitrogens with zero attached hydrogens (tertiary/aromatic N) is 3. The van der Waals surface area contributed by atoms with Crippen LogP contribution in [0.5, 0.6) is 11.5 Å². The highest BCUT2D eigenvalue weighted by molar-refractivity contribution is 6.11. The van der Waals surface area contributed by atoms with Gasteiger partial charge in [-0.1, -0.05) is 24.3 Å². The number of amides is 1. The number of fused-ring (bicyclic) bond motifs is 1. The van der Waals surface area contributed by atoms with Crippen LogP contribution in [0.15, 0.2) is 85.2 Å². The monoisotopic (exact) mass is 525 g/mol. The van der Waals surface area contributed by atoms with Crippen molar-refractivity contribution in [1.29, 1.82) is 0 Å². The van der Waals surface area contributed by atoms with Gasteiger partial charge in [0.1, 0.15) is 11.5 Å².